The average molecular weight is 220 g/mol. The molecule has 0 N–H and O–H groups in total. The summed E-state index contributed by atoms with van der Waals surface area (Å²) in [5.41, 5.74) is 1.45. The standard InChI is InChI=1S/C11H16N4O/c1-4-5-6-15-11(16)10-9(7-12-15)8(2)13-14(10)3/h7H,4-6H2,1-3H3. The fraction of sp³-hybridized carbons (Fsp3) is 0.545. The Labute approximate surface area is 93.7 Å². The Morgan fingerprint density at radius 2 is 2.19 bits per heavy atom. The van der Waals surface area contributed by atoms with Gasteiger partial charge in [-0.05, 0) is 13.3 Å². The van der Waals surface area contributed by atoms with E-state index in [9.17, 15) is 4.79 Å². The zero-order chi connectivity index (χ0) is 11.7. The molecule has 2 aromatic rings. The molecule has 86 valence electrons. The summed E-state index contributed by atoms with van der Waals surface area (Å²) in [7, 11) is 1.79. The maximum absolute atomic E-state index is 12.1. The van der Waals surface area contributed by atoms with Crippen molar-refractivity contribution < 1.29 is 0 Å². The molecule has 2 aromatic heterocycles. The molecule has 0 atom stereocenters. The Kier molecular flexibility index (Phi) is 2.77. The topological polar surface area (TPSA) is 52.7 Å². The van der Waals surface area contributed by atoms with E-state index in [0.29, 0.717) is 12.1 Å². The van der Waals surface area contributed by atoms with Crippen LogP contribution in [-0.4, -0.2) is 19.6 Å². The highest BCUT2D eigenvalue weighted by Gasteiger charge is 2.11. The zero-order valence-electron chi connectivity index (χ0n) is 9.90. The Morgan fingerprint density at radius 1 is 1.44 bits per heavy atom. The first-order chi connectivity index (χ1) is 7.65. The van der Waals surface area contributed by atoms with Gasteiger partial charge in [-0.1, -0.05) is 13.3 Å². The van der Waals surface area contributed by atoms with Crippen molar-refractivity contribution in [3.8, 4) is 0 Å². The Morgan fingerprint density at radius 3 is 2.88 bits per heavy atom. The van der Waals surface area contributed by atoms with Gasteiger partial charge in [-0.15, -0.1) is 0 Å². The van der Waals surface area contributed by atoms with Gasteiger partial charge in [0.15, 0.2) is 0 Å². The lowest BCUT2D eigenvalue weighted by molar-refractivity contribution is 0.545. The van der Waals surface area contributed by atoms with E-state index < -0.39 is 0 Å². The number of hydrogen-bond acceptors (Lipinski definition) is 3. The van der Waals surface area contributed by atoms with Gasteiger partial charge in [0.2, 0.25) is 0 Å². The van der Waals surface area contributed by atoms with Crippen LogP contribution >= 0.6 is 0 Å². The normalized spacial score (nSPS) is 11.2. The maximum atomic E-state index is 12.1. The smallest absolute Gasteiger partial charge is 0.265 e. The third-order valence-corrected chi connectivity index (χ3v) is 2.76. The molecule has 16 heavy (non-hydrogen) atoms. The van der Waals surface area contributed by atoms with Gasteiger partial charge in [0.1, 0.15) is 5.52 Å². The molecule has 0 radical (unpaired) electrons. The number of aryl methyl sites for hydroxylation is 3. The van der Waals surface area contributed by atoms with Crippen LogP contribution in [0.2, 0.25) is 0 Å². The van der Waals surface area contributed by atoms with Crippen LogP contribution in [0.3, 0.4) is 0 Å². The van der Waals surface area contributed by atoms with E-state index in [-0.39, 0.29) is 5.56 Å². The van der Waals surface area contributed by atoms with E-state index in [0.717, 1.165) is 23.9 Å². The molecule has 0 spiro atoms. The second-order valence-corrected chi connectivity index (χ2v) is 4.00. The van der Waals surface area contributed by atoms with Crippen molar-refractivity contribution in [1.29, 1.82) is 0 Å². The first-order valence-electron chi connectivity index (χ1n) is 5.54. The molecule has 2 rings (SSSR count). The minimum Gasteiger partial charge on any atom is -0.265 e. The van der Waals surface area contributed by atoms with Gasteiger partial charge in [0, 0.05) is 19.0 Å². The Bertz CT molecular complexity index is 567. The van der Waals surface area contributed by atoms with Gasteiger partial charge < -0.3 is 0 Å². The van der Waals surface area contributed by atoms with Crippen LogP contribution < -0.4 is 5.56 Å². The lowest BCUT2D eigenvalue weighted by Crippen LogP contribution is -2.24. The van der Waals surface area contributed by atoms with Crippen LogP contribution in [0.15, 0.2) is 11.0 Å². The molecule has 0 saturated heterocycles. The number of hydrogen-bond donors (Lipinski definition) is 0. The molecule has 0 fully saturated rings. The van der Waals surface area contributed by atoms with Crippen LogP contribution in [0, 0.1) is 6.92 Å². The summed E-state index contributed by atoms with van der Waals surface area (Å²) >= 11 is 0. The predicted molar refractivity (Wildman–Crippen MR) is 62.4 cm³/mol. The molecular formula is C11H16N4O. The summed E-state index contributed by atoms with van der Waals surface area (Å²) in [4.78, 5) is 12.1. The van der Waals surface area contributed by atoms with Crippen LogP contribution in [0.25, 0.3) is 10.9 Å². The molecule has 0 aliphatic heterocycles. The second-order valence-electron chi connectivity index (χ2n) is 4.00. The minimum atomic E-state index is -0.0472. The summed E-state index contributed by atoms with van der Waals surface area (Å²) < 4.78 is 3.16. The van der Waals surface area contributed by atoms with Crippen LogP contribution in [-0.2, 0) is 13.6 Å². The third kappa shape index (κ3) is 1.62. The van der Waals surface area contributed by atoms with E-state index in [2.05, 4.69) is 17.1 Å². The fourth-order valence-corrected chi connectivity index (χ4v) is 1.85. The van der Waals surface area contributed by atoms with Gasteiger partial charge in [0.25, 0.3) is 5.56 Å². The molecule has 0 amide bonds. The molecule has 5 heteroatoms. The van der Waals surface area contributed by atoms with Crippen molar-refractivity contribution in [3.63, 3.8) is 0 Å². The van der Waals surface area contributed by atoms with Crippen molar-refractivity contribution in [1.82, 2.24) is 19.6 Å². The monoisotopic (exact) mass is 220 g/mol. The van der Waals surface area contributed by atoms with E-state index in [1.807, 2.05) is 6.92 Å². The first-order valence-corrected chi connectivity index (χ1v) is 5.54. The van der Waals surface area contributed by atoms with E-state index in [4.69, 9.17) is 0 Å². The van der Waals surface area contributed by atoms with Crippen molar-refractivity contribution in [2.24, 2.45) is 7.05 Å². The number of nitrogens with zero attached hydrogens (tertiary/aromatic N) is 4. The van der Waals surface area contributed by atoms with Gasteiger partial charge in [-0.2, -0.15) is 10.2 Å². The molecule has 2 heterocycles. The quantitative estimate of drug-likeness (QED) is 0.782. The summed E-state index contributed by atoms with van der Waals surface area (Å²) in [5.74, 6) is 0. The van der Waals surface area contributed by atoms with Crippen molar-refractivity contribution in [3.05, 3.63) is 22.2 Å². The zero-order valence-corrected chi connectivity index (χ0v) is 9.90. The first kappa shape index (κ1) is 10.9. The third-order valence-electron chi connectivity index (χ3n) is 2.76. The van der Waals surface area contributed by atoms with Gasteiger partial charge >= 0.3 is 0 Å². The largest absolute Gasteiger partial charge is 0.292 e. The summed E-state index contributed by atoms with van der Waals surface area (Å²) in [6.07, 6.45) is 3.75. The van der Waals surface area contributed by atoms with E-state index in [1.165, 1.54) is 4.68 Å². The van der Waals surface area contributed by atoms with Crippen molar-refractivity contribution in [2.45, 2.75) is 33.2 Å². The maximum Gasteiger partial charge on any atom is 0.292 e. The van der Waals surface area contributed by atoms with Gasteiger partial charge in [-0.3, -0.25) is 9.48 Å². The van der Waals surface area contributed by atoms with Crippen LogP contribution in [0.4, 0.5) is 0 Å². The highest BCUT2D eigenvalue weighted by molar-refractivity contribution is 5.79. The van der Waals surface area contributed by atoms with E-state index >= 15 is 0 Å². The molecule has 0 aliphatic rings. The lowest BCUT2D eigenvalue weighted by Gasteiger charge is -2.03. The number of fused-ring (bicyclic) bond motifs is 1. The molecule has 0 bridgehead atoms. The average Bonchev–Trinajstić information content (AvgIpc) is 2.54. The molecule has 0 aromatic carbocycles. The van der Waals surface area contributed by atoms with Gasteiger partial charge in [-0.25, -0.2) is 4.68 Å². The summed E-state index contributed by atoms with van der Waals surface area (Å²) in [5, 5.41) is 9.25. The molecular weight excluding hydrogens is 204 g/mol. The van der Waals surface area contributed by atoms with Crippen molar-refractivity contribution >= 4 is 10.9 Å². The summed E-state index contributed by atoms with van der Waals surface area (Å²) in [6, 6.07) is 0. The predicted octanol–water partition coefficient (Wildman–Crippen LogP) is 1.24. The molecule has 0 aliphatic carbocycles. The number of rotatable bonds is 3. The second kappa shape index (κ2) is 4.08. The van der Waals surface area contributed by atoms with Crippen molar-refractivity contribution in [2.75, 3.05) is 0 Å². The van der Waals surface area contributed by atoms with E-state index in [1.54, 1.807) is 17.9 Å². The molecule has 5 nitrogen and oxygen atoms in total. The highest BCUT2D eigenvalue weighted by atomic mass is 16.1. The highest BCUT2D eigenvalue weighted by Crippen LogP contribution is 2.11. The molecule has 0 unspecified atom stereocenters. The van der Waals surface area contributed by atoms with Crippen LogP contribution in [0.5, 0.6) is 0 Å². The minimum absolute atomic E-state index is 0.0472. The Hall–Kier alpha value is -1.65. The lowest BCUT2D eigenvalue weighted by atomic mass is 10.3. The molecule has 0 saturated carbocycles. The fourth-order valence-electron chi connectivity index (χ4n) is 1.85. The van der Waals surface area contributed by atoms with Gasteiger partial charge in [0.05, 0.1) is 11.9 Å². The summed E-state index contributed by atoms with van der Waals surface area (Å²) in [6.45, 7) is 4.66. The number of aromatic nitrogens is 4. The van der Waals surface area contributed by atoms with Crippen LogP contribution in [0.1, 0.15) is 25.5 Å². The SMILES string of the molecule is CCCCn1ncc2c(C)nn(C)c2c1=O. The Balaban J connectivity index is 2.60. The number of unbranched alkanes of at least 4 members (excludes halogenated alkanes) is 1.